The van der Waals surface area contributed by atoms with Crippen LogP contribution in [0.15, 0.2) is 48.5 Å². The summed E-state index contributed by atoms with van der Waals surface area (Å²) in [5, 5.41) is 2.94. The maximum atomic E-state index is 12.8. The fourth-order valence-electron chi connectivity index (χ4n) is 4.23. The third-order valence-electron chi connectivity index (χ3n) is 5.77. The molecule has 2 aromatic carbocycles. The minimum absolute atomic E-state index is 0.0305. The summed E-state index contributed by atoms with van der Waals surface area (Å²) in [7, 11) is 0. The monoisotopic (exact) mass is 408 g/mol. The molecule has 30 heavy (non-hydrogen) atoms. The lowest BCUT2D eigenvalue weighted by atomic mass is 10.0. The molecular weight excluding hydrogens is 380 g/mol. The van der Waals surface area contributed by atoms with Gasteiger partial charge in [-0.3, -0.25) is 14.5 Å². The number of nitrogens with one attached hydrogen (secondary N) is 1. The van der Waals surface area contributed by atoms with Crippen molar-refractivity contribution in [3.05, 3.63) is 59.7 Å². The van der Waals surface area contributed by atoms with Crippen LogP contribution in [0.4, 0.5) is 0 Å². The van der Waals surface area contributed by atoms with Gasteiger partial charge in [-0.05, 0) is 56.0 Å². The summed E-state index contributed by atoms with van der Waals surface area (Å²) in [4.78, 5) is 27.0. The largest absolute Gasteiger partial charge is 0.486 e. The van der Waals surface area contributed by atoms with Crippen molar-refractivity contribution in [2.24, 2.45) is 0 Å². The van der Waals surface area contributed by atoms with Crippen LogP contribution in [0.5, 0.6) is 11.5 Å². The Morgan fingerprint density at radius 3 is 2.63 bits per heavy atom. The van der Waals surface area contributed by atoms with E-state index in [1.807, 2.05) is 42.5 Å². The van der Waals surface area contributed by atoms with E-state index in [1.165, 1.54) is 6.92 Å². The van der Waals surface area contributed by atoms with Gasteiger partial charge in [0.15, 0.2) is 17.3 Å². The Hall–Kier alpha value is -2.86. The highest BCUT2D eigenvalue weighted by atomic mass is 16.6. The highest BCUT2D eigenvalue weighted by molar-refractivity contribution is 5.88. The lowest BCUT2D eigenvalue weighted by Crippen LogP contribution is -2.45. The van der Waals surface area contributed by atoms with E-state index in [2.05, 4.69) is 16.3 Å². The van der Waals surface area contributed by atoms with Crippen molar-refractivity contribution in [3.8, 4) is 11.5 Å². The molecule has 6 heteroatoms. The average Bonchev–Trinajstić information content (AvgIpc) is 3.21. The average molecular weight is 408 g/mol. The Labute approximate surface area is 177 Å². The summed E-state index contributed by atoms with van der Waals surface area (Å²) in [6.07, 6.45) is 2.53. The van der Waals surface area contributed by atoms with Gasteiger partial charge in [-0.25, -0.2) is 0 Å². The molecule has 0 aliphatic carbocycles. The van der Waals surface area contributed by atoms with Crippen LogP contribution in [0.1, 0.15) is 36.9 Å². The van der Waals surface area contributed by atoms with Gasteiger partial charge in [0, 0.05) is 6.04 Å². The fraction of sp³-hybridized carbons (Fsp3) is 0.417. The number of benzene rings is 2. The number of carbonyl (C=O) groups is 2. The molecule has 1 N–H and O–H groups in total. The van der Waals surface area contributed by atoms with Crippen molar-refractivity contribution >= 4 is 11.7 Å². The molecule has 2 atom stereocenters. The van der Waals surface area contributed by atoms with Crippen molar-refractivity contribution in [3.63, 3.8) is 0 Å². The maximum Gasteiger partial charge on any atom is 0.234 e. The van der Waals surface area contributed by atoms with Crippen molar-refractivity contribution in [1.82, 2.24) is 10.2 Å². The first-order valence-corrected chi connectivity index (χ1v) is 10.6. The quantitative estimate of drug-likeness (QED) is 0.763. The molecule has 4 rings (SSSR count). The molecule has 1 amide bonds. The number of rotatable bonds is 7. The summed E-state index contributed by atoms with van der Waals surface area (Å²) in [6, 6.07) is 15.5. The summed E-state index contributed by atoms with van der Waals surface area (Å²) in [5.74, 6) is 1.40. The number of carbonyl (C=O) groups excluding carboxylic acids is 2. The second-order valence-electron chi connectivity index (χ2n) is 7.95. The van der Waals surface area contributed by atoms with E-state index in [-0.39, 0.29) is 24.3 Å². The molecule has 0 bridgehead atoms. The number of ether oxygens (including phenoxy) is 2. The van der Waals surface area contributed by atoms with Crippen molar-refractivity contribution < 1.29 is 19.1 Å². The minimum atomic E-state index is -0.504. The van der Waals surface area contributed by atoms with Gasteiger partial charge in [0.1, 0.15) is 13.2 Å². The molecular formula is C24H28N2O4. The fourth-order valence-corrected chi connectivity index (χ4v) is 4.23. The molecule has 2 aromatic rings. The van der Waals surface area contributed by atoms with Gasteiger partial charge < -0.3 is 14.8 Å². The second kappa shape index (κ2) is 9.30. The first kappa shape index (κ1) is 20.4. The molecule has 0 saturated carbocycles. The maximum absolute atomic E-state index is 12.8. The van der Waals surface area contributed by atoms with E-state index in [1.54, 1.807) is 0 Å². The van der Waals surface area contributed by atoms with E-state index in [4.69, 9.17) is 9.47 Å². The van der Waals surface area contributed by atoms with Gasteiger partial charge in [-0.2, -0.15) is 0 Å². The number of ketones is 1. The molecule has 1 saturated heterocycles. The first-order valence-electron chi connectivity index (χ1n) is 10.6. The van der Waals surface area contributed by atoms with Gasteiger partial charge in [0.25, 0.3) is 0 Å². The zero-order chi connectivity index (χ0) is 20.9. The molecule has 2 heterocycles. The van der Waals surface area contributed by atoms with Crippen LogP contribution in [0.3, 0.4) is 0 Å². The Kier molecular flexibility index (Phi) is 6.33. The van der Waals surface area contributed by atoms with Crippen LogP contribution >= 0.6 is 0 Å². The van der Waals surface area contributed by atoms with E-state index in [9.17, 15) is 9.59 Å². The minimum Gasteiger partial charge on any atom is -0.486 e. The van der Waals surface area contributed by atoms with Crippen LogP contribution in [0.25, 0.3) is 0 Å². The Morgan fingerprint density at radius 2 is 1.87 bits per heavy atom. The molecule has 0 radical (unpaired) electrons. The summed E-state index contributed by atoms with van der Waals surface area (Å²) < 4.78 is 11.3. The highest BCUT2D eigenvalue weighted by Gasteiger charge is 2.29. The van der Waals surface area contributed by atoms with Crippen LogP contribution in [0.2, 0.25) is 0 Å². The number of nitrogens with zero attached hydrogens (tertiary/aromatic N) is 1. The van der Waals surface area contributed by atoms with E-state index >= 15 is 0 Å². The zero-order valence-corrected chi connectivity index (χ0v) is 17.3. The molecule has 1 fully saturated rings. The van der Waals surface area contributed by atoms with Gasteiger partial charge >= 0.3 is 0 Å². The standard InChI is InChI=1S/C24H28N2O4/c1-17(27)20(14-18-6-3-2-4-7-18)25-24(28)16-26-11-5-8-21(26)19-9-10-22-23(15-19)30-13-12-29-22/h2-4,6-7,9-10,15,20-21H,5,8,11-14,16H2,1H3,(H,25,28)/t20-,21-/m1/s1. The predicted octanol–water partition coefficient (Wildman–Crippen LogP) is 2.91. The third kappa shape index (κ3) is 4.82. The summed E-state index contributed by atoms with van der Waals surface area (Å²) in [6.45, 7) is 3.79. The van der Waals surface area contributed by atoms with E-state index < -0.39 is 6.04 Å². The van der Waals surface area contributed by atoms with Gasteiger partial charge in [0.05, 0.1) is 12.6 Å². The topological polar surface area (TPSA) is 67.9 Å². The Balaban J connectivity index is 1.40. The van der Waals surface area contributed by atoms with Crippen LogP contribution in [-0.4, -0.2) is 48.9 Å². The summed E-state index contributed by atoms with van der Waals surface area (Å²) in [5.41, 5.74) is 2.17. The van der Waals surface area contributed by atoms with E-state index in [0.717, 1.165) is 42.0 Å². The van der Waals surface area contributed by atoms with Crippen LogP contribution < -0.4 is 14.8 Å². The number of hydrogen-bond acceptors (Lipinski definition) is 5. The molecule has 158 valence electrons. The van der Waals surface area contributed by atoms with Crippen molar-refractivity contribution in [2.45, 2.75) is 38.3 Å². The van der Waals surface area contributed by atoms with Gasteiger partial charge in [0.2, 0.25) is 5.91 Å². The predicted molar refractivity (Wildman–Crippen MR) is 114 cm³/mol. The number of amides is 1. The van der Waals surface area contributed by atoms with Gasteiger partial charge in [-0.15, -0.1) is 0 Å². The lowest BCUT2D eigenvalue weighted by molar-refractivity contribution is -0.127. The van der Waals surface area contributed by atoms with Gasteiger partial charge in [-0.1, -0.05) is 36.4 Å². The lowest BCUT2D eigenvalue weighted by Gasteiger charge is -2.27. The SMILES string of the molecule is CC(=O)[C@@H](Cc1ccccc1)NC(=O)CN1CCC[C@@H]1c1ccc2c(c1)OCCO2. The van der Waals surface area contributed by atoms with E-state index in [0.29, 0.717) is 19.6 Å². The summed E-state index contributed by atoms with van der Waals surface area (Å²) >= 11 is 0. The zero-order valence-electron chi connectivity index (χ0n) is 17.3. The van der Waals surface area contributed by atoms with Crippen LogP contribution in [-0.2, 0) is 16.0 Å². The normalized spacial score (nSPS) is 19.3. The second-order valence-corrected chi connectivity index (χ2v) is 7.95. The smallest absolute Gasteiger partial charge is 0.234 e. The first-order chi connectivity index (χ1) is 14.6. The molecule has 2 aliphatic heterocycles. The molecule has 0 spiro atoms. The van der Waals surface area contributed by atoms with Crippen molar-refractivity contribution in [1.29, 1.82) is 0 Å². The number of Topliss-reactive ketones (excluding diaryl/α,β-unsaturated/α-hetero) is 1. The molecule has 2 aliphatic rings. The number of likely N-dealkylation sites (tertiary alicyclic amines) is 1. The Morgan fingerprint density at radius 1 is 1.10 bits per heavy atom. The molecule has 0 aromatic heterocycles. The Bertz CT molecular complexity index is 899. The number of hydrogen-bond donors (Lipinski definition) is 1. The molecule has 0 unspecified atom stereocenters. The third-order valence-corrected chi connectivity index (χ3v) is 5.77. The highest BCUT2D eigenvalue weighted by Crippen LogP contribution is 2.37. The van der Waals surface area contributed by atoms with Crippen LogP contribution in [0, 0.1) is 0 Å². The van der Waals surface area contributed by atoms with Crippen molar-refractivity contribution in [2.75, 3.05) is 26.3 Å². The molecule has 6 nitrogen and oxygen atoms in total. The number of fused-ring (bicyclic) bond motifs is 1.